The van der Waals surface area contributed by atoms with E-state index >= 15 is 0 Å². The smallest absolute Gasteiger partial charge is 0.349 e. The van der Waals surface area contributed by atoms with Crippen molar-refractivity contribution in [3.8, 4) is 0 Å². The van der Waals surface area contributed by atoms with E-state index in [1.54, 1.807) is 0 Å². The highest BCUT2D eigenvalue weighted by atomic mass is 19.4. The summed E-state index contributed by atoms with van der Waals surface area (Å²) in [6.07, 6.45) is -0.331. The molecule has 0 radical (unpaired) electrons. The van der Waals surface area contributed by atoms with Gasteiger partial charge in [-0.25, -0.2) is 0 Å². The lowest BCUT2D eigenvalue weighted by Gasteiger charge is -2.18. The van der Waals surface area contributed by atoms with Crippen LogP contribution in [0.4, 0.5) is 13.2 Å². The summed E-state index contributed by atoms with van der Waals surface area (Å²) in [5.41, 5.74) is -1.23. The zero-order chi connectivity index (χ0) is 18.3. The first kappa shape index (κ1) is 17.1. The van der Waals surface area contributed by atoms with Gasteiger partial charge in [-0.2, -0.15) is 13.2 Å². The number of aryl methyl sites for hydroxylation is 1. The monoisotopic (exact) mass is 364 g/mol. The van der Waals surface area contributed by atoms with E-state index < -0.39 is 17.6 Å². The number of hydrogen-bond donors (Lipinski definition) is 1. The van der Waals surface area contributed by atoms with Crippen molar-refractivity contribution >= 4 is 5.91 Å². The minimum atomic E-state index is -4.55. The van der Waals surface area contributed by atoms with Gasteiger partial charge < -0.3 is 9.88 Å². The van der Waals surface area contributed by atoms with E-state index in [4.69, 9.17) is 0 Å². The molecule has 1 N–H and O–H groups in total. The largest absolute Gasteiger partial charge is 0.417 e. The van der Waals surface area contributed by atoms with E-state index in [1.807, 2.05) is 0 Å². The molecule has 1 aliphatic carbocycles. The summed E-state index contributed by atoms with van der Waals surface area (Å²) in [4.78, 5) is 12.4. The molecule has 2 heterocycles. The maximum atomic E-state index is 13.1. The molecular weight excluding hydrogens is 345 g/mol. The molecule has 8 heteroatoms. The lowest BCUT2D eigenvalue weighted by molar-refractivity contribution is -0.137. The first-order valence-corrected chi connectivity index (χ1v) is 8.82. The quantitative estimate of drug-likeness (QED) is 0.909. The SMILES string of the molecule is O=C(NC1CCc2nnc(C3CC3)n2CC1)c1ccccc1C(F)(F)F. The standard InChI is InChI=1S/C18H19F3N4O/c19-18(20,21)14-4-2-1-3-13(14)17(26)22-12-7-8-15-23-24-16(11-5-6-11)25(15)10-9-12/h1-4,11-12H,5-10H2,(H,22,26). The third-order valence-electron chi connectivity index (χ3n) is 5.03. The first-order valence-electron chi connectivity index (χ1n) is 8.82. The number of benzene rings is 1. The summed E-state index contributed by atoms with van der Waals surface area (Å²) in [5.74, 6) is 1.72. The van der Waals surface area contributed by atoms with Crippen LogP contribution >= 0.6 is 0 Å². The Hall–Kier alpha value is -2.38. The molecule has 0 saturated heterocycles. The average Bonchev–Trinajstić information content (AvgIpc) is 3.40. The van der Waals surface area contributed by atoms with Crippen LogP contribution in [0.15, 0.2) is 24.3 Å². The number of amides is 1. The van der Waals surface area contributed by atoms with Crippen LogP contribution in [0.3, 0.4) is 0 Å². The lowest BCUT2D eigenvalue weighted by atomic mass is 10.0. The molecular formula is C18H19F3N4O. The molecule has 4 rings (SSSR count). The zero-order valence-corrected chi connectivity index (χ0v) is 14.1. The molecule has 0 spiro atoms. The molecule has 1 saturated carbocycles. The van der Waals surface area contributed by atoms with Crippen LogP contribution in [0.5, 0.6) is 0 Å². The molecule has 0 bridgehead atoms. The van der Waals surface area contributed by atoms with Gasteiger partial charge in [0.2, 0.25) is 0 Å². The van der Waals surface area contributed by atoms with E-state index in [9.17, 15) is 18.0 Å². The second-order valence-corrected chi connectivity index (χ2v) is 6.94. The maximum Gasteiger partial charge on any atom is 0.417 e. The Bertz CT molecular complexity index is 826. The van der Waals surface area contributed by atoms with Crippen molar-refractivity contribution in [3.05, 3.63) is 47.0 Å². The Kier molecular flexibility index (Phi) is 4.20. The number of alkyl halides is 3. The molecule has 26 heavy (non-hydrogen) atoms. The van der Waals surface area contributed by atoms with Crippen LogP contribution in [0.25, 0.3) is 0 Å². The Morgan fingerprint density at radius 1 is 1.12 bits per heavy atom. The fraction of sp³-hybridized carbons (Fsp3) is 0.500. The minimum Gasteiger partial charge on any atom is -0.349 e. The van der Waals surface area contributed by atoms with Crippen molar-refractivity contribution in [2.45, 2.75) is 56.8 Å². The van der Waals surface area contributed by atoms with Gasteiger partial charge in [-0.1, -0.05) is 12.1 Å². The van der Waals surface area contributed by atoms with Crippen LogP contribution in [0.2, 0.25) is 0 Å². The first-order chi connectivity index (χ1) is 12.4. The van der Waals surface area contributed by atoms with Crippen molar-refractivity contribution in [1.82, 2.24) is 20.1 Å². The van der Waals surface area contributed by atoms with Gasteiger partial charge in [-0.3, -0.25) is 4.79 Å². The lowest BCUT2D eigenvalue weighted by Crippen LogP contribution is -2.36. The van der Waals surface area contributed by atoms with E-state index in [0.29, 0.717) is 31.7 Å². The maximum absolute atomic E-state index is 13.1. The van der Waals surface area contributed by atoms with E-state index in [-0.39, 0.29) is 11.6 Å². The molecule has 1 aliphatic heterocycles. The highest BCUT2D eigenvalue weighted by Gasteiger charge is 2.35. The molecule has 1 amide bonds. The number of hydrogen-bond acceptors (Lipinski definition) is 3. The summed E-state index contributed by atoms with van der Waals surface area (Å²) >= 11 is 0. The van der Waals surface area contributed by atoms with E-state index in [1.165, 1.54) is 18.2 Å². The average molecular weight is 364 g/mol. The summed E-state index contributed by atoms with van der Waals surface area (Å²) in [7, 11) is 0. The Morgan fingerprint density at radius 3 is 2.62 bits per heavy atom. The zero-order valence-electron chi connectivity index (χ0n) is 14.1. The van der Waals surface area contributed by atoms with Crippen LogP contribution in [0.1, 0.15) is 59.2 Å². The van der Waals surface area contributed by atoms with Gasteiger partial charge in [0.15, 0.2) is 0 Å². The van der Waals surface area contributed by atoms with Gasteiger partial charge in [-0.05, 0) is 37.8 Å². The van der Waals surface area contributed by atoms with Crippen molar-refractivity contribution in [3.63, 3.8) is 0 Å². The van der Waals surface area contributed by atoms with E-state index in [2.05, 4.69) is 20.1 Å². The van der Waals surface area contributed by atoms with Crippen LogP contribution in [-0.4, -0.2) is 26.7 Å². The number of aromatic nitrogens is 3. The molecule has 1 aromatic carbocycles. The summed E-state index contributed by atoms with van der Waals surface area (Å²) < 4.78 is 41.5. The normalized spacial score (nSPS) is 20.3. The predicted molar refractivity (Wildman–Crippen MR) is 87.6 cm³/mol. The molecule has 2 aliphatic rings. The molecule has 1 atom stereocenters. The number of rotatable bonds is 3. The highest BCUT2D eigenvalue weighted by molar-refractivity contribution is 5.96. The number of carbonyl (C=O) groups is 1. The van der Waals surface area contributed by atoms with Crippen molar-refractivity contribution in [1.29, 1.82) is 0 Å². The third kappa shape index (κ3) is 3.32. The Labute approximate surface area is 148 Å². The summed E-state index contributed by atoms with van der Waals surface area (Å²) in [6, 6.07) is 4.70. The minimum absolute atomic E-state index is 0.183. The van der Waals surface area contributed by atoms with Crippen molar-refractivity contribution in [2.24, 2.45) is 0 Å². The Balaban J connectivity index is 1.46. The van der Waals surface area contributed by atoms with Crippen molar-refractivity contribution < 1.29 is 18.0 Å². The Morgan fingerprint density at radius 2 is 1.88 bits per heavy atom. The van der Waals surface area contributed by atoms with Gasteiger partial charge in [0.05, 0.1) is 11.1 Å². The number of carbonyl (C=O) groups excluding carboxylic acids is 1. The van der Waals surface area contributed by atoms with Crippen LogP contribution < -0.4 is 5.32 Å². The van der Waals surface area contributed by atoms with Gasteiger partial charge in [0, 0.05) is 24.9 Å². The molecule has 1 unspecified atom stereocenters. The van der Waals surface area contributed by atoms with Gasteiger partial charge in [0.25, 0.3) is 5.91 Å². The predicted octanol–water partition coefficient (Wildman–Crippen LogP) is 3.31. The van der Waals surface area contributed by atoms with Gasteiger partial charge in [-0.15, -0.1) is 10.2 Å². The number of nitrogens with one attached hydrogen (secondary N) is 1. The fourth-order valence-corrected chi connectivity index (χ4v) is 3.49. The summed E-state index contributed by atoms with van der Waals surface area (Å²) in [6.45, 7) is 0.681. The fourth-order valence-electron chi connectivity index (χ4n) is 3.49. The van der Waals surface area contributed by atoms with Crippen molar-refractivity contribution in [2.75, 3.05) is 0 Å². The molecule has 138 valence electrons. The second kappa shape index (κ2) is 6.41. The second-order valence-electron chi connectivity index (χ2n) is 6.94. The topological polar surface area (TPSA) is 59.8 Å². The molecule has 1 aromatic heterocycles. The van der Waals surface area contributed by atoms with E-state index in [0.717, 1.165) is 30.6 Å². The highest BCUT2D eigenvalue weighted by Crippen LogP contribution is 2.39. The van der Waals surface area contributed by atoms with Crippen LogP contribution in [0, 0.1) is 0 Å². The number of nitrogens with zero attached hydrogens (tertiary/aromatic N) is 3. The summed E-state index contributed by atoms with van der Waals surface area (Å²) in [5, 5.41) is 11.3. The van der Waals surface area contributed by atoms with Crippen LogP contribution in [-0.2, 0) is 19.1 Å². The van der Waals surface area contributed by atoms with Gasteiger partial charge in [0.1, 0.15) is 11.6 Å². The third-order valence-corrected chi connectivity index (χ3v) is 5.03. The molecule has 5 nitrogen and oxygen atoms in total. The number of halogens is 3. The molecule has 2 aromatic rings. The molecule has 1 fully saturated rings. The van der Waals surface area contributed by atoms with Gasteiger partial charge >= 0.3 is 6.18 Å². The number of fused-ring (bicyclic) bond motifs is 1.